The molecule has 6 nitrogen and oxygen atoms in total. The molecule has 1 rings (SSSR count). The third-order valence-corrected chi connectivity index (χ3v) is 1.45. The lowest BCUT2D eigenvalue weighted by atomic mass is 10.4. The maximum absolute atomic E-state index is 11.2. The minimum atomic E-state index is -1.07. The molecule has 0 fully saturated rings. The van der Waals surface area contributed by atoms with Crippen LogP contribution in [0.15, 0.2) is 12.5 Å². The van der Waals surface area contributed by atoms with Gasteiger partial charge in [-0.3, -0.25) is 9.59 Å². The summed E-state index contributed by atoms with van der Waals surface area (Å²) in [7, 11) is 1.66. The number of aliphatic carboxylic acids is 1. The van der Waals surface area contributed by atoms with E-state index in [2.05, 4.69) is 10.3 Å². The molecule has 1 aromatic heterocycles. The molecule has 0 saturated heterocycles. The highest BCUT2D eigenvalue weighted by atomic mass is 16.4. The number of aryl methyl sites for hydroxylation is 1. The van der Waals surface area contributed by atoms with Crippen molar-refractivity contribution in [3.63, 3.8) is 0 Å². The van der Waals surface area contributed by atoms with Crippen molar-refractivity contribution in [3.05, 3.63) is 18.2 Å². The zero-order chi connectivity index (χ0) is 9.84. The van der Waals surface area contributed by atoms with Gasteiger partial charge in [0, 0.05) is 7.05 Å². The third-order valence-electron chi connectivity index (χ3n) is 1.45. The van der Waals surface area contributed by atoms with E-state index < -0.39 is 11.9 Å². The zero-order valence-corrected chi connectivity index (χ0v) is 7.02. The van der Waals surface area contributed by atoms with Gasteiger partial charge in [-0.25, -0.2) is 4.98 Å². The van der Waals surface area contributed by atoms with E-state index in [4.69, 9.17) is 5.11 Å². The normalized spacial score (nSPS) is 9.62. The zero-order valence-electron chi connectivity index (χ0n) is 7.02. The molecular weight excluding hydrogens is 174 g/mol. The second kappa shape index (κ2) is 3.70. The average Bonchev–Trinajstić information content (AvgIpc) is 2.47. The highest BCUT2D eigenvalue weighted by Gasteiger charge is 2.09. The summed E-state index contributed by atoms with van der Waals surface area (Å²) in [6.45, 7) is -0.385. The van der Waals surface area contributed by atoms with Crippen LogP contribution in [-0.4, -0.2) is 33.1 Å². The first-order valence-electron chi connectivity index (χ1n) is 3.57. The number of imidazole rings is 1. The molecule has 6 heteroatoms. The quantitative estimate of drug-likeness (QED) is 0.644. The van der Waals surface area contributed by atoms with Crippen molar-refractivity contribution in [2.24, 2.45) is 7.05 Å². The number of carboxylic acid groups (broad SMARTS) is 1. The maximum Gasteiger partial charge on any atom is 0.322 e. The fraction of sp³-hybridized carbons (Fsp3) is 0.286. The Morgan fingerprint density at radius 1 is 1.69 bits per heavy atom. The second-order valence-corrected chi connectivity index (χ2v) is 2.47. The number of carboxylic acids is 1. The lowest BCUT2D eigenvalue weighted by molar-refractivity contribution is -0.135. The van der Waals surface area contributed by atoms with Gasteiger partial charge in [0.05, 0.1) is 12.5 Å². The Balaban J connectivity index is 2.59. The number of carbonyl (C=O) groups is 2. The van der Waals surface area contributed by atoms with Crippen molar-refractivity contribution in [2.75, 3.05) is 6.54 Å². The first-order valence-corrected chi connectivity index (χ1v) is 3.57. The van der Waals surface area contributed by atoms with Crippen molar-refractivity contribution >= 4 is 11.9 Å². The van der Waals surface area contributed by atoms with Gasteiger partial charge in [0.2, 0.25) is 0 Å². The molecule has 0 aliphatic rings. The standard InChI is InChI=1S/C7H9N3O3/c1-10-4-8-2-5(10)7(13)9-3-6(11)12/h2,4H,3H2,1H3,(H,9,13)(H,11,12). The van der Waals surface area contributed by atoms with Gasteiger partial charge in [-0.2, -0.15) is 0 Å². The number of aromatic nitrogens is 2. The first kappa shape index (κ1) is 9.24. The van der Waals surface area contributed by atoms with Crippen LogP contribution < -0.4 is 5.32 Å². The molecule has 0 radical (unpaired) electrons. The summed E-state index contributed by atoms with van der Waals surface area (Å²) in [5.74, 6) is -1.52. The van der Waals surface area contributed by atoms with Gasteiger partial charge in [0.1, 0.15) is 12.2 Å². The van der Waals surface area contributed by atoms with Crippen LogP contribution in [0.1, 0.15) is 10.5 Å². The van der Waals surface area contributed by atoms with Crippen LogP contribution in [-0.2, 0) is 11.8 Å². The molecule has 70 valence electrons. The maximum atomic E-state index is 11.2. The summed E-state index contributed by atoms with van der Waals surface area (Å²) < 4.78 is 1.51. The fourth-order valence-electron chi connectivity index (χ4n) is 0.822. The number of amides is 1. The molecule has 0 aromatic carbocycles. The molecule has 0 bridgehead atoms. The minimum Gasteiger partial charge on any atom is -0.480 e. The van der Waals surface area contributed by atoms with E-state index in [1.165, 1.54) is 17.1 Å². The largest absolute Gasteiger partial charge is 0.480 e. The van der Waals surface area contributed by atoms with Crippen LogP contribution in [0, 0.1) is 0 Å². The molecule has 0 aliphatic carbocycles. The van der Waals surface area contributed by atoms with Gasteiger partial charge in [0.15, 0.2) is 0 Å². The topological polar surface area (TPSA) is 84.2 Å². The van der Waals surface area contributed by atoms with Crippen LogP contribution in [0.2, 0.25) is 0 Å². The molecule has 0 spiro atoms. The van der Waals surface area contributed by atoms with Crippen LogP contribution in [0.5, 0.6) is 0 Å². The van der Waals surface area contributed by atoms with Crippen LogP contribution in [0.4, 0.5) is 0 Å². The highest BCUT2D eigenvalue weighted by Crippen LogP contribution is 1.94. The smallest absolute Gasteiger partial charge is 0.322 e. The number of rotatable bonds is 3. The molecule has 13 heavy (non-hydrogen) atoms. The third kappa shape index (κ3) is 2.29. The Labute approximate surface area is 74.2 Å². The van der Waals surface area contributed by atoms with Crippen LogP contribution in [0.3, 0.4) is 0 Å². The number of hydrogen-bond acceptors (Lipinski definition) is 3. The van der Waals surface area contributed by atoms with Gasteiger partial charge in [0.25, 0.3) is 5.91 Å². The van der Waals surface area contributed by atoms with Crippen molar-refractivity contribution in [3.8, 4) is 0 Å². The minimum absolute atomic E-state index is 0.334. The fourth-order valence-corrected chi connectivity index (χ4v) is 0.822. The lowest BCUT2D eigenvalue weighted by Crippen LogP contribution is -2.30. The number of nitrogens with one attached hydrogen (secondary N) is 1. The predicted octanol–water partition coefficient (Wildman–Crippen LogP) is -0.765. The molecule has 1 aromatic rings. The molecule has 0 unspecified atom stereocenters. The summed E-state index contributed by atoms with van der Waals surface area (Å²) in [5, 5.41) is 10.5. The Bertz CT molecular complexity index is 331. The molecule has 1 heterocycles. The van der Waals surface area contributed by atoms with Gasteiger partial charge >= 0.3 is 5.97 Å². The Hall–Kier alpha value is -1.85. The van der Waals surface area contributed by atoms with Crippen molar-refractivity contribution in [2.45, 2.75) is 0 Å². The first-order chi connectivity index (χ1) is 6.11. The second-order valence-electron chi connectivity index (χ2n) is 2.47. The number of hydrogen-bond donors (Lipinski definition) is 2. The summed E-state index contributed by atoms with van der Waals surface area (Å²) in [6, 6.07) is 0. The summed E-state index contributed by atoms with van der Waals surface area (Å²) in [5.41, 5.74) is 0.334. The summed E-state index contributed by atoms with van der Waals surface area (Å²) in [6.07, 6.45) is 2.84. The highest BCUT2D eigenvalue weighted by molar-refractivity contribution is 5.94. The van der Waals surface area contributed by atoms with Gasteiger partial charge in [-0.05, 0) is 0 Å². The monoisotopic (exact) mass is 183 g/mol. The Morgan fingerprint density at radius 3 is 2.85 bits per heavy atom. The van der Waals surface area contributed by atoms with Gasteiger partial charge < -0.3 is 15.0 Å². The summed E-state index contributed by atoms with van der Waals surface area (Å²) in [4.78, 5) is 25.0. The lowest BCUT2D eigenvalue weighted by Gasteiger charge is -2.01. The summed E-state index contributed by atoms with van der Waals surface area (Å²) >= 11 is 0. The van der Waals surface area contributed by atoms with Crippen molar-refractivity contribution < 1.29 is 14.7 Å². The van der Waals surface area contributed by atoms with E-state index in [1.807, 2.05) is 0 Å². The van der Waals surface area contributed by atoms with E-state index in [0.717, 1.165) is 0 Å². The number of carbonyl (C=O) groups excluding carboxylic acids is 1. The van der Waals surface area contributed by atoms with E-state index in [-0.39, 0.29) is 6.54 Å². The van der Waals surface area contributed by atoms with E-state index >= 15 is 0 Å². The molecular formula is C7H9N3O3. The molecule has 0 aliphatic heterocycles. The molecule has 0 saturated carbocycles. The molecule has 1 amide bonds. The van der Waals surface area contributed by atoms with E-state index in [0.29, 0.717) is 5.69 Å². The van der Waals surface area contributed by atoms with E-state index in [9.17, 15) is 9.59 Å². The van der Waals surface area contributed by atoms with Gasteiger partial charge in [-0.15, -0.1) is 0 Å². The van der Waals surface area contributed by atoms with Crippen LogP contribution >= 0.6 is 0 Å². The van der Waals surface area contributed by atoms with Crippen LogP contribution in [0.25, 0.3) is 0 Å². The van der Waals surface area contributed by atoms with Crippen molar-refractivity contribution in [1.29, 1.82) is 0 Å². The van der Waals surface area contributed by atoms with Crippen molar-refractivity contribution in [1.82, 2.24) is 14.9 Å². The SMILES string of the molecule is Cn1cncc1C(=O)NCC(=O)O. The Kier molecular flexibility index (Phi) is 2.63. The Morgan fingerprint density at radius 2 is 2.38 bits per heavy atom. The average molecular weight is 183 g/mol. The molecule has 0 atom stereocenters. The van der Waals surface area contributed by atoms with E-state index in [1.54, 1.807) is 7.05 Å². The molecule has 2 N–H and O–H groups in total. The van der Waals surface area contributed by atoms with Gasteiger partial charge in [-0.1, -0.05) is 0 Å². The number of nitrogens with zero attached hydrogens (tertiary/aromatic N) is 2. The predicted molar refractivity (Wildman–Crippen MR) is 43.2 cm³/mol.